The molecule has 0 N–H and O–H groups in total. The Morgan fingerprint density at radius 3 is 2.09 bits per heavy atom. The number of halogens is 3. The lowest BCUT2D eigenvalue weighted by Gasteiger charge is -2.07. The molecule has 1 nitrogen and oxygen atoms in total. The highest BCUT2D eigenvalue weighted by Gasteiger charge is 2.30. The SMILES string of the molecule is FC(F)(F)c1ccc(-c2ccc[n+](Cc3ccccc3)c2)cc1. The van der Waals surface area contributed by atoms with Crippen molar-refractivity contribution in [1.29, 1.82) is 0 Å². The highest BCUT2D eigenvalue weighted by atomic mass is 19.4. The first-order valence-corrected chi connectivity index (χ1v) is 7.23. The van der Waals surface area contributed by atoms with Gasteiger partial charge in [-0.3, -0.25) is 0 Å². The highest BCUT2D eigenvalue weighted by molar-refractivity contribution is 5.61. The average Bonchev–Trinajstić information content (AvgIpc) is 2.55. The Bertz CT molecular complexity index is 778. The van der Waals surface area contributed by atoms with Crippen molar-refractivity contribution in [3.8, 4) is 11.1 Å². The van der Waals surface area contributed by atoms with Crippen LogP contribution in [0.4, 0.5) is 13.2 Å². The topological polar surface area (TPSA) is 3.88 Å². The van der Waals surface area contributed by atoms with Crippen LogP contribution in [-0.4, -0.2) is 0 Å². The van der Waals surface area contributed by atoms with E-state index in [2.05, 4.69) is 0 Å². The largest absolute Gasteiger partial charge is 0.416 e. The van der Waals surface area contributed by atoms with Crippen LogP contribution in [0.5, 0.6) is 0 Å². The van der Waals surface area contributed by atoms with Crippen LogP contribution in [0, 0.1) is 0 Å². The fourth-order valence-corrected chi connectivity index (χ4v) is 2.44. The number of hydrogen-bond donors (Lipinski definition) is 0. The van der Waals surface area contributed by atoms with Gasteiger partial charge in [-0.25, -0.2) is 4.57 Å². The van der Waals surface area contributed by atoms with E-state index in [9.17, 15) is 13.2 Å². The van der Waals surface area contributed by atoms with E-state index < -0.39 is 11.7 Å². The molecule has 0 fully saturated rings. The Morgan fingerprint density at radius 2 is 1.43 bits per heavy atom. The average molecular weight is 314 g/mol. The summed E-state index contributed by atoms with van der Waals surface area (Å²) in [7, 11) is 0. The lowest BCUT2D eigenvalue weighted by molar-refractivity contribution is -0.687. The van der Waals surface area contributed by atoms with Crippen molar-refractivity contribution in [3.63, 3.8) is 0 Å². The van der Waals surface area contributed by atoms with Crippen molar-refractivity contribution in [2.24, 2.45) is 0 Å². The Labute approximate surface area is 132 Å². The number of pyridine rings is 1. The molecule has 0 radical (unpaired) electrons. The summed E-state index contributed by atoms with van der Waals surface area (Å²) in [6.07, 6.45) is -0.418. The van der Waals surface area contributed by atoms with Crippen LogP contribution in [0.25, 0.3) is 11.1 Å². The van der Waals surface area contributed by atoms with Crippen LogP contribution in [0.3, 0.4) is 0 Å². The molecular formula is C19H15F3N+. The predicted molar refractivity (Wildman–Crippen MR) is 82.6 cm³/mol. The van der Waals surface area contributed by atoms with E-state index in [-0.39, 0.29) is 0 Å². The second-order valence-corrected chi connectivity index (χ2v) is 5.33. The van der Waals surface area contributed by atoms with E-state index in [1.54, 1.807) is 0 Å². The van der Waals surface area contributed by atoms with E-state index in [0.29, 0.717) is 0 Å². The third-order valence-corrected chi connectivity index (χ3v) is 3.61. The monoisotopic (exact) mass is 314 g/mol. The van der Waals surface area contributed by atoms with E-state index in [1.807, 2.05) is 59.4 Å². The second-order valence-electron chi connectivity index (χ2n) is 5.33. The van der Waals surface area contributed by atoms with Gasteiger partial charge >= 0.3 is 6.18 Å². The van der Waals surface area contributed by atoms with Gasteiger partial charge in [-0.2, -0.15) is 13.2 Å². The minimum Gasteiger partial charge on any atom is -0.200 e. The van der Waals surface area contributed by atoms with E-state index in [4.69, 9.17) is 0 Å². The first-order chi connectivity index (χ1) is 11.0. The minimum absolute atomic E-state index is 0.630. The van der Waals surface area contributed by atoms with Gasteiger partial charge in [-0.05, 0) is 23.8 Å². The summed E-state index contributed by atoms with van der Waals surface area (Å²) >= 11 is 0. The first kappa shape index (κ1) is 15.3. The predicted octanol–water partition coefficient (Wildman–Crippen LogP) is 4.71. The molecule has 4 heteroatoms. The van der Waals surface area contributed by atoms with Gasteiger partial charge in [0.25, 0.3) is 0 Å². The van der Waals surface area contributed by atoms with Gasteiger partial charge < -0.3 is 0 Å². The van der Waals surface area contributed by atoms with Gasteiger partial charge in [0.05, 0.1) is 5.56 Å². The van der Waals surface area contributed by atoms with Crippen LogP contribution >= 0.6 is 0 Å². The maximum atomic E-state index is 12.6. The number of nitrogens with zero attached hydrogens (tertiary/aromatic N) is 1. The molecule has 1 heterocycles. The zero-order chi connectivity index (χ0) is 16.3. The van der Waals surface area contributed by atoms with Crippen LogP contribution in [0.2, 0.25) is 0 Å². The Kier molecular flexibility index (Phi) is 4.15. The van der Waals surface area contributed by atoms with E-state index >= 15 is 0 Å². The maximum absolute atomic E-state index is 12.6. The number of hydrogen-bond acceptors (Lipinski definition) is 0. The molecule has 23 heavy (non-hydrogen) atoms. The summed E-state index contributed by atoms with van der Waals surface area (Å²) in [6.45, 7) is 0.718. The summed E-state index contributed by atoms with van der Waals surface area (Å²) in [6, 6.07) is 19.0. The molecule has 2 aromatic carbocycles. The zero-order valence-corrected chi connectivity index (χ0v) is 12.3. The molecular weight excluding hydrogens is 299 g/mol. The van der Waals surface area contributed by atoms with Crippen molar-refractivity contribution >= 4 is 0 Å². The third-order valence-electron chi connectivity index (χ3n) is 3.61. The molecule has 3 aromatic rings. The molecule has 0 saturated heterocycles. The zero-order valence-electron chi connectivity index (χ0n) is 12.3. The van der Waals surface area contributed by atoms with Crippen molar-refractivity contribution in [2.75, 3.05) is 0 Å². The molecule has 0 bridgehead atoms. The summed E-state index contributed by atoms with van der Waals surface area (Å²) in [5, 5.41) is 0. The van der Waals surface area contributed by atoms with Crippen LogP contribution in [-0.2, 0) is 12.7 Å². The number of rotatable bonds is 3. The molecule has 0 saturated carbocycles. The van der Waals surface area contributed by atoms with Crippen molar-refractivity contribution in [2.45, 2.75) is 12.7 Å². The normalized spacial score (nSPS) is 11.4. The molecule has 3 rings (SSSR count). The molecule has 0 aliphatic carbocycles. The number of benzene rings is 2. The van der Waals surface area contributed by atoms with Crippen LogP contribution in [0.1, 0.15) is 11.1 Å². The Morgan fingerprint density at radius 1 is 0.739 bits per heavy atom. The van der Waals surface area contributed by atoms with Crippen LogP contribution < -0.4 is 4.57 Å². The molecule has 0 amide bonds. The molecule has 0 atom stereocenters. The van der Waals surface area contributed by atoms with Gasteiger partial charge in [0, 0.05) is 17.2 Å². The number of alkyl halides is 3. The Balaban J connectivity index is 1.85. The highest BCUT2D eigenvalue weighted by Crippen LogP contribution is 2.30. The fraction of sp³-hybridized carbons (Fsp3) is 0.105. The summed E-state index contributed by atoms with van der Waals surface area (Å²) in [5.41, 5.74) is 2.19. The van der Waals surface area contributed by atoms with Crippen LogP contribution in [0.15, 0.2) is 79.1 Å². The Hall–Kier alpha value is -2.62. The molecule has 0 spiro atoms. The van der Waals surface area contributed by atoms with Crippen molar-refractivity contribution in [1.82, 2.24) is 0 Å². The summed E-state index contributed by atoms with van der Waals surface area (Å²) in [4.78, 5) is 0. The summed E-state index contributed by atoms with van der Waals surface area (Å²) in [5.74, 6) is 0. The number of aromatic nitrogens is 1. The lowest BCUT2D eigenvalue weighted by Crippen LogP contribution is -2.33. The standard InChI is InChI=1S/C19H15F3N/c20-19(21,22)18-10-8-16(9-11-18)17-7-4-12-23(14-17)13-15-5-2-1-3-6-15/h1-12,14H,13H2/q+1. The van der Waals surface area contributed by atoms with Gasteiger partial charge in [-0.15, -0.1) is 0 Å². The quantitative estimate of drug-likeness (QED) is 0.617. The molecule has 0 aliphatic heterocycles. The third kappa shape index (κ3) is 3.77. The van der Waals surface area contributed by atoms with Gasteiger partial charge in [0.2, 0.25) is 0 Å². The minimum atomic E-state index is -4.30. The van der Waals surface area contributed by atoms with Gasteiger partial charge in [0.15, 0.2) is 18.9 Å². The molecule has 0 aliphatic rings. The fourth-order valence-electron chi connectivity index (χ4n) is 2.44. The first-order valence-electron chi connectivity index (χ1n) is 7.23. The maximum Gasteiger partial charge on any atom is 0.416 e. The molecule has 1 aromatic heterocycles. The lowest BCUT2D eigenvalue weighted by atomic mass is 10.1. The smallest absolute Gasteiger partial charge is 0.200 e. The second kappa shape index (κ2) is 6.24. The van der Waals surface area contributed by atoms with Crippen molar-refractivity contribution < 1.29 is 17.7 Å². The van der Waals surface area contributed by atoms with E-state index in [0.717, 1.165) is 29.8 Å². The summed E-state index contributed by atoms with van der Waals surface area (Å²) < 4.78 is 39.9. The van der Waals surface area contributed by atoms with Crippen molar-refractivity contribution in [3.05, 3.63) is 90.3 Å². The molecule has 116 valence electrons. The molecule has 0 unspecified atom stereocenters. The van der Waals surface area contributed by atoms with Gasteiger partial charge in [-0.1, -0.05) is 42.5 Å². The van der Waals surface area contributed by atoms with Gasteiger partial charge in [0.1, 0.15) is 0 Å². The van der Waals surface area contributed by atoms with E-state index in [1.165, 1.54) is 17.7 Å².